The molecule has 5 heteroatoms. The van der Waals surface area contributed by atoms with E-state index in [1.165, 1.54) is 24.8 Å². The number of oxime groups is 1. The summed E-state index contributed by atoms with van der Waals surface area (Å²) < 4.78 is 0. The van der Waals surface area contributed by atoms with Crippen molar-refractivity contribution in [1.82, 2.24) is 4.90 Å². The minimum atomic E-state index is 0.123. The summed E-state index contributed by atoms with van der Waals surface area (Å²) in [5.41, 5.74) is 7.42. The van der Waals surface area contributed by atoms with E-state index in [0.29, 0.717) is 18.2 Å². The first-order valence-electron chi connectivity index (χ1n) is 6.66. The largest absolute Gasteiger partial charge is 0.409 e. The lowest BCUT2D eigenvalue weighted by Gasteiger charge is -2.37. The van der Waals surface area contributed by atoms with Crippen LogP contribution in [0, 0.1) is 0 Å². The van der Waals surface area contributed by atoms with Crippen molar-refractivity contribution in [3.63, 3.8) is 0 Å². The molecule has 19 heavy (non-hydrogen) atoms. The summed E-state index contributed by atoms with van der Waals surface area (Å²) >= 11 is 0. The number of rotatable bonds is 6. The Labute approximate surface area is 113 Å². The smallest absolute Gasteiger partial charge is 0.170 e. The number of amidine groups is 1. The van der Waals surface area contributed by atoms with Gasteiger partial charge in [-0.2, -0.15) is 0 Å². The number of nitrogens with zero attached hydrogens (tertiary/aromatic N) is 2. The molecule has 0 aliphatic heterocycles. The Bertz CT molecular complexity index is 427. The Hall–Kier alpha value is -1.59. The van der Waals surface area contributed by atoms with Gasteiger partial charge in [-0.15, -0.1) is 0 Å². The van der Waals surface area contributed by atoms with Gasteiger partial charge in [0.1, 0.15) is 0 Å². The molecule has 0 saturated heterocycles. The van der Waals surface area contributed by atoms with Gasteiger partial charge < -0.3 is 16.0 Å². The van der Waals surface area contributed by atoms with Crippen LogP contribution < -0.4 is 5.73 Å². The van der Waals surface area contributed by atoms with Crippen molar-refractivity contribution in [2.75, 3.05) is 13.2 Å². The maximum Gasteiger partial charge on any atom is 0.170 e. The molecule has 1 aliphatic rings. The van der Waals surface area contributed by atoms with E-state index in [9.17, 15) is 0 Å². The fourth-order valence-corrected chi connectivity index (χ4v) is 2.34. The Morgan fingerprint density at radius 3 is 2.47 bits per heavy atom. The van der Waals surface area contributed by atoms with Gasteiger partial charge >= 0.3 is 0 Å². The van der Waals surface area contributed by atoms with Gasteiger partial charge in [0.15, 0.2) is 5.84 Å². The molecular formula is C14H21N3O2. The molecule has 0 aromatic heterocycles. The van der Waals surface area contributed by atoms with Gasteiger partial charge in [0.05, 0.1) is 6.61 Å². The van der Waals surface area contributed by atoms with Crippen LogP contribution in [0.15, 0.2) is 29.4 Å². The molecule has 1 aromatic rings. The minimum Gasteiger partial charge on any atom is -0.409 e. The average Bonchev–Trinajstić information content (AvgIpc) is 2.37. The van der Waals surface area contributed by atoms with Crippen molar-refractivity contribution < 1.29 is 10.3 Å². The maximum atomic E-state index is 9.13. The monoisotopic (exact) mass is 263 g/mol. The summed E-state index contributed by atoms with van der Waals surface area (Å²) in [7, 11) is 0. The number of aliphatic hydroxyl groups is 1. The van der Waals surface area contributed by atoms with Crippen LogP contribution in [0.5, 0.6) is 0 Å². The molecule has 1 aliphatic carbocycles. The van der Waals surface area contributed by atoms with Crippen LogP contribution in [-0.4, -0.2) is 40.2 Å². The van der Waals surface area contributed by atoms with Gasteiger partial charge in [-0.3, -0.25) is 4.90 Å². The highest BCUT2D eigenvalue weighted by molar-refractivity contribution is 5.96. The Morgan fingerprint density at radius 2 is 2.00 bits per heavy atom. The zero-order valence-electron chi connectivity index (χ0n) is 11.0. The molecule has 104 valence electrons. The van der Waals surface area contributed by atoms with Crippen molar-refractivity contribution in [2.45, 2.75) is 31.8 Å². The molecule has 4 N–H and O–H groups in total. The zero-order chi connectivity index (χ0) is 13.7. The Balaban J connectivity index is 2.00. The lowest BCUT2D eigenvalue weighted by molar-refractivity contribution is 0.0945. The fourth-order valence-electron chi connectivity index (χ4n) is 2.34. The lowest BCUT2D eigenvalue weighted by atomic mass is 9.91. The van der Waals surface area contributed by atoms with E-state index in [2.05, 4.69) is 10.1 Å². The topological polar surface area (TPSA) is 82.1 Å². The summed E-state index contributed by atoms with van der Waals surface area (Å²) in [6.45, 7) is 1.74. The second kappa shape index (κ2) is 6.54. The molecule has 0 bridgehead atoms. The first-order chi connectivity index (χ1) is 9.24. The van der Waals surface area contributed by atoms with Crippen molar-refractivity contribution in [1.29, 1.82) is 0 Å². The molecule has 0 heterocycles. The fraction of sp³-hybridized carbons (Fsp3) is 0.500. The summed E-state index contributed by atoms with van der Waals surface area (Å²) in [6.07, 6.45) is 3.74. The van der Waals surface area contributed by atoms with Gasteiger partial charge in [-0.05, 0) is 18.4 Å². The van der Waals surface area contributed by atoms with Gasteiger partial charge in [0.2, 0.25) is 0 Å². The van der Waals surface area contributed by atoms with Crippen LogP contribution in [0.25, 0.3) is 0 Å². The molecular weight excluding hydrogens is 242 g/mol. The number of hydrogen-bond donors (Lipinski definition) is 3. The second-order valence-electron chi connectivity index (χ2n) is 4.96. The maximum absolute atomic E-state index is 9.13. The predicted octanol–water partition coefficient (Wildman–Crippen LogP) is 1.13. The van der Waals surface area contributed by atoms with Crippen LogP contribution in [0.4, 0.5) is 0 Å². The molecule has 1 saturated carbocycles. The molecule has 0 spiro atoms. The Morgan fingerprint density at radius 1 is 1.32 bits per heavy atom. The lowest BCUT2D eigenvalue weighted by Crippen LogP contribution is -2.41. The van der Waals surface area contributed by atoms with E-state index < -0.39 is 0 Å². The first-order valence-corrected chi connectivity index (χ1v) is 6.66. The van der Waals surface area contributed by atoms with E-state index in [4.69, 9.17) is 16.0 Å². The molecule has 5 nitrogen and oxygen atoms in total. The molecule has 1 aromatic carbocycles. The van der Waals surface area contributed by atoms with Crippen LogP contribution in [0.1, 0.15) is 30.4 Å². The Kier molecular flexibility index (Phi) is 4.76. The van der Waals surface area contributed by atoms with Gasteiger partial charge in [0, 0.05) is 24.7 Å². The van der Waals surface area contributed by atoms with E-state index >= 15 is 0 Å². The highest BCUT2D eigenvalue weighted by Gasteiger charge is 2.24. The summed E-state index contributed by atoms with van der Waals surface area (Å²) in [5, 5.41) is 20.7. The summed E-state index contributed by atoms with van der Waals surface area (Å²) in [5.74, 6) is 0.123. The van der Waals surface area contributed by atoms with Crippen molar-refractivity contribution in [3.05, 3.63) is 35.4 Å². The molecule has 0 radical (unpaired) electrons. The van der Waals surface area contributed by atoms with Crippen molar-refractivity contribution >= 4 is 5.84 Å². The van der Waals surface area contributed by atoms with Gasteiger partial charge in [-0.25, -0.2) is 0 Å². The van der Waals surface area contributed by atoms with E-state index in [1.54, 1.807) is 0 Å². The number of aliphatic hydroxyl groups excluding tert-OH is 1. The third-order valence-corrected chi connectivity index (χ3v) is 3.72. The van der Waals surface area contributed by atoms with Crippen molar-refractivity contribution in [2.24, 2.45) is 10.9 Å². The summed E-state index contributed by atoms with van der Waals surface area (Å²) in [4.78, 5) is 2.32. The highest BCUT2D eigenvalue weighted by atomic mass is 16.4. The minimum absolute atomic E-state index is 0.123. The quantitative estimate of drug-likeness (QED) is 0.311. The molecule has 0 unspecified atom stereocenters. The molecule has 0 atom stereocenters. The van der Waals surface area contributed by atoms with Crippen LogP contribution in [-0.2, 0) is 6.54 Å². The molecule has 1 fully saturated rings. The standard InChI is InChI=1S/C14H21N3O2/c15-14(16-19)12-6-4-11(5-7-12)10-17(8-9-18)13-2-1-3-13/h4-7,13,18-19H,1-3,8-10H2,(H2,15,16). The third kappa shape index (κ3) is 3.45. The third-order valence-electron chi connectivity index (χ3n) is 3.72. The van der Waals surface area contributed by atoms with Crippen LogP contribution >= 0.6 is 0 Å². The second-order valence-corrected chi connectivity index (χ2v) is 4.96. The van der Waals surface area contributed by atoms with Crippen molar-refractivity contribution in [3.8, 4) is 0 Å². The summed E-state index contributed by atoms with van der Waals surface area (Å²) in [6, 6.07) is 8.27. The highest BCUT2D eigenvalue weighted by Crippen LogP contribution is 2.25. The zero-order valence-corrected chi connectivity index (χ0v) is 11.0. The molecule has 2 rings (SSSR count). The normalized spacial score (nSPS) is 16.6. The van der Waals surface area contributed by atoms with Gasteiger partial charge in [0.25, 0.3) is 0 Å². The first kappa shape index (κ1) is 13.8. The van der Waals surface area contributed by atoms with Crippen LogP contribution in [0.3, 0.4) is 0 Å². The van der Waals surface area contributed by atoms with E-state index in [1.807, 2.05) is 24.3 Å². The SMILES string of the molecule is N/C(=N/O)c1ccc(CN(CCO)C2CCC2)cc1. The number of nitrogens with two attached hydrogens (primary N) is 1. The number of benzene rings is 1. The van der Waals surface area contributed by atoms with Crippen LogP contribution in [0.2, 0.25) is 0 Å². The molecule has 0 amide bonds. The number of hydrogen-bond acceptors (Lipinski definition) is 4. The van der Waals surface area contributed by atoms with E-state index in [-0.39, 0.29) is 12.4 Å². The average molecular weight is 263 g/mol. The predicted molar refractivity (Wildman–Crippen MR) is 74.1 cm³/mol. The van der Waals surface area contributed by atoms with E-state index in [0.717, 1.165) is 6.54 Å². The van der Waals surface area contributed by atoms with Gasteiger partial charge in [-0.1, -0.05) is 35.8 Å².